The Morgan fingerprint density at radius 1 is 1.17 bits per heavy atom. The van der Waals surface area contributed by atoms with Crippen molar-refractivity contribution in [3.05, 3.63) is 68.9 Å². The highest BCUT2D eigenvalue weighted by atomic mass is 79.9. The first-order valence-corrected chi connectivity index (χ1v) is 6.62. The van der Waals surface area contributed by atoms with Crippen molar-refractivity contribution in [3.63, 3.8) is 0 Å². The summed E-state index contributed by atoms with van der Waals surface area (Å²) in [7, 11) is 0. The zero-order valence-corrected chi connectivity index (χ0v) is 11.7. The first-order valence-electron chi connectivity index (χ1n) is 5.45. The van der Waals surface area contributed by atoms with Gasteiger partial charge < -0.3 is 5.11 Å². The van der Waals surface area contributed by atoms with Gasteiger partial charge in [-0.25, -0.2) is 4.39 Å². The van der Waals surface area contributed by atoms with Crippen molar-refractivity contribution in [2.45, 2.75) is 12.5 Å². The molecule has 94 valence electrons. The van der Waals surface area contributed by atoms with Crippen LogP contribution in [-0.4, -0.2) is 5.11 Å². The van der Waals surface area contributed by atoms with E-state index < -0.39 is 6.10 Å². The van der Waals surface area contributed by atoms with Crippen LogP contribution in [0.25, 0.3) is 0 Å². The van der Waals surface area contributed by atoms with Crippen molar-refractivity contribution in [3.8, 4) is 0 Å². The SMILES string of the molecule is OC(Cc1ccccc1Cl)c1cccc(F)c1Br. The summed E-state index contributed by atoms with van der Waals surface area (Å²) < 4.78 is 13.7. The van der Waals surface area contributed by atoms with Gasteiger partial charge in [-0.15, -0.1) is 0 Å². The Hall–Kier alpha value is -0.900. The third-order valence-corrected chi connectivity index (χ3v) is 3.92. The molecule has 0 aliphatic rings. The van der Waals surface area contributed by atoms with Crippen molar-refractivity contribution in [1.29, 1.82) is 0 Å². The summed E-state index contributed by atoms with van der Waals surface area (Å²) in [6.45, 7) is 0. The summed E-state index contributed by atoms with van der Waals surface area (Å²) >= 11 is 9.17. The molecule has 0 fully saturated rings. The molecule has 1 N–H and O–H groups in total. The standard InChI is InChI=1S/C14H11BrClFO/c15-14-10(5-3-7-12(14)17)13(18)8-9-4-1-2-6-11(9)16/h1-7,13,18H,8H2. The Morgan fingerprint density at radius 3 is 2.61 bits per heavy atom. The van der Waals surface area contributed by atoms with E-state index in [1.807, 2.05) is 18.2 Å². The predicted molar refractivity (Wildman–Crippen MR) is 74.2 cm³/mol. The molecule has 0 saturated carbocycles. The Balaban J connectivity index is 2.25. The lowest BCUT2D eigenvalue weighted by atomic mass is 10.0. The predicted octanol–water partition coefficient (Wildman–Crippen LogP) is 4.52. The molecule has 0 aliphatic heterocycles. The van der Waals surface area contributed by atoms with Crippen molar-refractivity contribution in [1.82, 2.24) is 0 Å². The highest BCUT2D eigenvalue weighted by molar-refractivity contribution is 9.10. The Morgan fingerprint density at radius 2 is 1.89 bits per heavy atom. The van der Waals surface area contributed by atoms with Gasteiger partial charge in [0.2, 0.25) is 0 Å². The minimum atomic E-state index is -0.796. The molecule has 0 aliphatic carbocycles. The molecule has 0 radical (unpaired) electrons. The lowest BCUT2D eigenvalue weighted by Crippen LogP contribution is -2.04. The van der Waals surface area contributed by atoms with Crippen LogP contribution in [-0.2, 0) is 6.42 Å². The lowest BCUT2D eigenvalue weighted by molar-refractivity contribution is 0.177. The Labute approximate surface area is 118 Å². The van der Waals surface area contributed by atoms with Crippen molar-refractivity contribution >= 4 is 27.5 Å². The van der Waals surface area contributed by atoms with Crippen LogP contribution in [0.3, 0.4) is 0 Å². The number of hydrogen-bond acceptors (Lipinski definition) is 1. The maximum absolute atomic E-state index is 13.4. The fourth-order valence-electron chi connectivity index (χ4n) is 1.76. The second-order valence-corrected chi connectivity index (χ2v) is 5.15. The van der Waals surface area contributed by atoms with Gasteiger partial charge in [0.15, 0.2) is 0 Å². The summed E-state index contributed by atoms with van der Waals surface area (Å²) in [5.41, 5.74) is 1.36. The number of aliphatic hydroxyl groups excluding tert-OH is 1. The number of aliphatic hydroxyl groups is 1. The van der Waals surface area contributed by atoms with E-state index in [2.05, 4.69) is 15.9 Å². The highest BCUT2D eigenvalue weighted by Gasteiger charge is 2.15. The molecular weight excluding hydrogens is 319 g/mol. The van der Waals surface area contributed by atoms with Crippen LogP contribution in [0.4, 0.5) is 4.39 Å². The van der Waals surface area contributed by atoms with Crippen LogP contribution in [0.2, 0.25) is 5.02 Å². The molecular formula is C14H11BrClFO. The fraction of sp³-hybridized carbons (Fsp3) is 0.143. The van der Waals surface area contributed by atoms with Gasteiger partial charge in [-0.2, -0.15) is 0 Å². The molecule has 2 aromatic carbocycles. The molecule has 2 rings (SSSR count). The van der Waals surface area contributed by atoms with Gasteiger partial charge in [0, 0.05) is 11.4 Å². The summed E-state index contributed by atoms with van der Waals surface area (Å²) in [5, 5.41) is 10.7. The van der Waals surface area contributed by atoms with Gasteiger partial charge in [-0.3, -0.25) is 0 Å². The zero-order valence-electron chi connectivity index (χ0n) is 9.41. The van der Waals surface area contributed by atoms with Crippen molar-refractivity contribution in [2.24, 2.45) is 0 Å². The normalized spacial score (nSPS) is 12.4. The van der Waals surface area contributed by atoms with Gasteiger partial charge in [-0.1, -0.05) is 41.9 Å². The monoisotopic (exact) mass is 328 g/mol. The molecule has 0 saturated heterocycles. The largest absolute Gasteiger partial charge is 0.388 e. The van der Waals surface area contributed by atoms with Crippen LogP contribution in [0, 0.1) is 5.82 Å². The van der Waals surface area contributed by atoms with Crippen LogP contribution in [0.15, 0.2) is 46.9 Å². The molecule has 1 atom stereocenters. The third kappa shape index (κ3) is 2.91. The van der Waals surface area contributed by atoms with E-state index >= 15 is 0 Å². The van der Waals surface area contributed by atoms with E-state index in [9.17, 15) is 9.50 Å². The number of halogens is 3. The molecule has 1 nitrogen and oxygen atoms in total. The third-order valence-electron chi connectivity index (χ3n) is 2.71. The molecule has 18 heavy (non-hydrogen) atoms. The van der Waals surface area contributed by atoms with Crippen LogP contribution >= 0.6 is 27.5 Å². The Bertz CT molecular complexity index is 559. The fourth-order valence-corrected chi connectivity index (χ4v) is 2.50. The van der Waals surface area contributed by atoms with Gasteiger partial charge >= 0.3 is 0 Å². The van der Waals surface area contributed by atoms with E-state index in [0.29, 0.717) is 21.5 Å². The second-order valence-electron chi connectivity index (χ2n) is 3.95. The minimum absolute atomic E-state index is 0.296. The summed E-state index contributed by atoms with van der Waals surface area (Å²) in [5.74, 6) is -0.384. The second kappa shape index (κ2) is 5.83. The van der Waals surface area contributed by atoms with Crippen molar-refractivity contribution < 1.29 is 9.50 Å². The molecule has 2 aromatic rings. The highest BCUT2D eigenvalue weighted by Crippen LogP contribution is 2.29. The average molecular weight is 330 g/mol. The molecule has 1 unspecified atom stereocenters. The molecule has 0 aromatic heterocycles. The van der Waals surface area contributed by atoms with Crippen LogP contribution < -0.4 is 0 Å². The smallest absolute Gasteiger partial charge is 0.137 e. The Kier molecular flexibility index (Phi) is 4.38. The van der Waals surface area contributed by atoms with Crippen molar-refractivity contribution in [2.75, 3.05) is 0 Å². The molecule has 0 bridgehead atoms. The molecule has 0 heterocycles. The van der Waals surface area contributed by atoms with Crippen LogP contribution in [0.1, 0.15) is 17.2 Å². The first kappa shape index (κ1) is 13.5. The number of benzene rings is 2. The quantitative estimate of drug-likeness (QED) is 0.878. The van der Waals surface area contributed by atoms with E-state index in [0.717, 1.165) is 5.56 Å². The number of rotatable bonds is 3. The van der Waals surface area contributed by atoms with E-state index in [4.69, 9.17) is 11.6 Å². The molecule has 0 amide bonds. The topological polar surface area (TPSA) is 20.2 Å². The van der Waals surface area contributed by atoms with Gasteiger partial charge in [0.05, 0.1) is 10.6 Å². The van der Waals surface area contributed by atoms with E-state index in [1.54, 1.807) is 18.2 Å². The average Bonchev–Trinajstić information content (AvgIpc) is 2.35. The van der Waals surface area contributed by atoms with Gasteiger partial charge in [0.1, 0.15) is 5.82 Å². The molecule has 0 spiro atoms. The minimum Gasteiger partial charge on any atom is -0.388 e. The maximum atomic E-state index is 13.4. The lowest BCUT2D eigenvalue weighted by Gasteiger charge is -2.14. The number of hydrogen-bond donors (Lipinski definition) is 1. The van der Waals surface area contributed by atoms with Gasteiger partial charge in [-0.05, 0) is 39.2 Å². The zero-order chi connectivity index (χ0) is 13.1. The maximum Gasteiger partial charge on any atom is 0.137 e. The summed E-state index contributed by atoms with van der Waals surface area (Å²) in [6.07, 6.45) is -0.447. The molecule has 4 heteroatoms. The first-order chi connectivity index (χ1) is 8.59. The van der Waals surface area contributed by atoms with Gasteiger partial charge in [0.25, 0.3) is 0 Å². The summed E-state index contributed by atoms with van der Waals surface area (Å²) in [4.78, 5) is 0. The van der Waals surface area contributed by atoms with E-state index in [-0.39, 0.29) is 5.82 Å². The summed E-state index contributed by atoms with van der Waals surface area (Å²) in [6, 6.07) is 11.9. The van der Waals surface area contributed by atoms with E-state index in [1.165, 1.54) is 6.07 Å². The van der Waals surface area contributed by atoms with Crippen LogP contribution in [0.5, 0.6) is 0 Å².